The zero-order chi connectivity index (χ0) is 7.56. The molecule has 0 aromatic carbocycles. The average molecular weight is 141 g/mol. The van der Waals surface area contributed by atoms with Crippen molar-refractivity contribution in [1.29, 1.82) is 0 Å². The summed E-state index contributed by atoms with van der Waals surface area (Å²) in [6, 6.07) is 3.14. The summed E-state index contributed by atoms with van der Waals surface area (Å²) in [7, 11) is 0. The molecule has 2 atom stereocenters. The Kier molecular flexibility index (Phi) is 2.09. The topological polar surface area (TPSA) is 59.4 Å². The standard InChI is InChI=1S/C7H11NO2/c1-5(8)7(9)6-3-2-4-10-6/h2-5,7,9H,8H2,1H3/t5-,7-/m1/s1. The van der Waals surface area contributed by atoms with Crippen molar-refractivity contribution in [3.63, 3.8) is 0 Å². The molecule has 0 fully saturated rings. The summed E-state index contributed by atoms with van der Waals surface area (Å²) in [5.41, 5.74) is 5.42. The molecule has 3 nitrogen and oxygen atoms in total. The molecule has 0 aliphatic heterocycles. The van der Waals surface area contributed by atoms with Crippen molar-refractivity contribution < 1.29 is 9.52 Å². The van der Waals surface area contributed by atoms with Crippen LogP contribution in [0.15, 0.2) is 22.8 Å². The number of furan rings is 1. The first-order valence-corrected chi connectivity index (χ1v) is 3.19. The molecule has 1 aromatic rings. The zero-order valence-electron chi connectivity index (χ0n) is 5.82. The fraction of sp³-hybridized carbons (Fsp3) is 0.429. The van der Waals surface area contributed by atoms with Crippen LogP contribution in [-0.2, 0) is 0 Å². The summed E-state index contributed by atoms with van der Waals surface area (Å²) >= 11 is 0. The molecule has 0 aliphatic carbocycles. The van der Waals surface area contributed by atoms with Crippen LogP contribution in [0.2, 0.25) is 0 Å². The maximum Gasteiger partial charge on any atom is 0.133 e. The Hall–Kier alpha value is -0.800. The van der Waals surface area contributed by atoms with Gasteiger partial charge in [0, 0.05) is 6.04 Å². The Balaban J connectivity index is 2.68. The lowest BCUT2D eigenvalue weighted by molar-refractivity contribution is 0.127. The fourth-order valence-electron chi connectivity index (χ4n) is 0.719. The van der Waals surface area contributed by atoms with E-state index in [4.69, 9.17) is 10.2 Å². The molecule has 0 aliphatic rings. The van der Waals surface area contributed by atoms with Gasteiger partial charge in [-0.3, -0.25) is 0 Å². The van der Waals surface area contributed by atoms with Crippen LogP contribution < -0.4 is 5.73 Å². The molecule has 0 spiro atoms. The first kappa shape index (κ1) is 7.31. The predicted molar refractivity (Wildman–Crippen MR) is 37.3 cm³/mol. The van der Waals surface area contributed by atoms with Crippen LogP contribution in [0.5, 0.6) is 0 Å². The smallest absolute Gasteiger partial charge is 0.133 e. The van der Waals surface area contributed by atoms with E-state index < -0.39 is 6.10 Å². The van der Waals surface area contributed by atoms with Crippen molar-refractivity contribution >= 4 is 0 Å². The molecule has 56 valence electrons. The summed E-state index contributed by atoms with van der Waals surface area (Å²) in [5.74, 6) is 0.523. The minimum absolute atomic E-state index is 0.286. The molecule has 0 bridgehead atoms. The second kappa shape index (κ2) is 2.86. The van der Waals surface area contributed by atoms with Gasteiger partial charge in [0.15, 0.2) is 0 Å². The van der Waals surface area contributed by atoms with E-state index >= 15 is 0 Å². The van der Waals surface area contributed by atoms with Crippen LogP contribution >= 0.6 is 0 Å². The maximum atomic E-state index is 9.27. The fourth-order valence-corrected chi connectivity index (χ4v) is 0.719. The van der Waals surface area contributed by atoms with Gasteiger partial charge >= 0.3 is 0 Å². The normalized spacial score (nSPS) is 16.7. The van der Waals surface area contributed by atoms with Gasteiger partial charge in [0.05, 0.1) is 6.26 Å². The molecule has 0 amide bonds. The first-order chi connectivity index (χ1) is 4.72. The Morgan fingerprint density at radius 1 is 1.70 bits per heavy atom. The molecule has 10 heavy (non-hydrogen) atoms. The number of hydrogen-bond acceptors (Lipinski definition) is 3. The molecule has 0 saturated heterocycles. The van der Waals surface area contributed by atoms with Crippen molar-refractivity contribution in [2.75, 3.05) is 0 Å². The van der Waals surface area contributed by atoms with Gasteiger partial charge in [0.25, 0.3) is 0 Å². The molecular formula is C7H11NO2. The average Bonchev–Trinajstić information content (AvgIpc) is 2.36. The zero-order valence-corrected chi connectivity index (χ0v) is 5.82. The second-order valence-corrected chi connectivity index (χ2v) is 2.32. The quantitative estimate of drug-likeness (QED) is 0.636. The minimum Gasteiger partial charge on any atom is -0.467 e. The van der Waals surface area contributed by atoms with Crippen molar-refractivity contribution in [2.24, 2.45) is 5.73 Å². The molecule has 1 heterocycles. The van der Waals surface area contributed by atoms with Crippen molar-refractivity contribution in [3.8, 4) is 0 Å². The number of hydrogen-bond donors (Lipinski definition) is 2. The highest BCUT2D eigenvalue weighted by Gasteiger charge is 2.13. The van der Waals surface area contributed by atoms with Crippen LogP contribution in [0.4, 0.5) is 0 Å². The minimum atomic E-state index is -0.685. The summed E-state index contributed by atoms with van der Waals surface area (Å²) in [4.78, 5) is 0. The SMILES string of the molecule is C[C@@H](N)[C@@H](O)c1ccco1. The Labute approximate surface area is 59.5 Å². The molecule has 0 unspecified atom stereocenters. The van der Waals surface area contributed by atoms with Gasteiger partial charge < -0.3 is 15.3 Å². The van der Waals surface area contributed by atoms with Crippen LogP contribution in [0.3, 0.4) is 0 Å². The summed E-state index contributed by atoms with van der Waals surface area (Å²) < 4.78 is 4.93. The van der Waals surface area contributed by atoms with E-state index in [-0.39, 0.29) is 6.04 Å². The molecule has 0 saturated carbocycles. The summed E-state index contributed by atoms with van der Waals surface area (Å²) in [6.45, 7) is 1.73. The van der Waals surface area contributed by atoms with Crippen LogP contribution in [-0.4, -0.2) is 11.1 Å². The van der Waals surface area contributed by atoms with Crippen molar-refractivity contribution in [1.82, 2.24) is 0 Å². The van der Waals surface area contributed by atoms with Gasteiger partial charge in [-0.2, -0.15) is 0 Å². The second-order valence-electron chi connectivity index (χ2n) is 2.32. The lowest BCUT2D eigenvalue weighted by atomic mass is 10.1. The third-order valence-corrected chi connectivity index (χ3v) is 1.33. The maximum absolute atomic E-state index is 9.27. The van der Waals surface area contributed by atoms with Gasteiger partial charge in [-0.15, -0.1) is 0 Å². The Morgan fingerprint density at radius 3 is 2.80 bits per heavy atom. The molecule has 3 N–H and O–H groups in total. The Morgan fingerprint density at radius 2 is 2.40 bits per heavy atom. The van der Waals surface area contributed by atoms with E-state index in [2.05, 4.69) is 0 Å². The van der Waals surface area contributed by atoms with Crippen molar-refractivity contribution in [3.05, 3.63) is 24.2 Å². The summed E-state index contributed by atoms with van der Waals surface area (Å²) in [5, 5.41) is 9.27. The number of aliphatic hydroxyl groups is 1. The van der Waals surface area contributed by atoms with Gasteiger partial charge in [-0.25, -0.2) is 0 Å². The van der Waals surface area contributed by atoms with E-state index in [1.54, 1.807) is 19.1 Å². The molecular weight excluding hydrogens is 130 g/mol. The summed E-state index contributed by atoms with van der Waals surface area (Å²) in [6.07, 6.45) is 0.830. The van der Waals surface area contributed by atoms with Gasteiger partial charge in [0.1, 0.15) is 11.9 Å². The third kappa shape index (κ3) is 1.37. The highest BCUT2D eigenvalue weighted by atomic mass is 16.4. The van der Waals surface area contributed by atoms with E-state index in [0.717, 1.165) is 0 Å². The molecule has 1 aromatic heterocycles. The van der Waals surface area contributed by atoms with Gasteiger partial charge in [0.2, 0.25) is 0 Å². The largest absolute Gasteiger partial charge is 0.467 e. The molecule has 1 rings (SSSR count). The van der Waals surface area contributed by atoms with Crippen LogP contribution in [0, 0.1) is 0 Å². The molecule has 0 radical (unpaired) electrons. The van der Waals surface area contributed by atoms with E-state index in [0.29, 0.717) is 5.76 Å². The highest BCUT2D eigenvalue weighted by molar-refractivity contribution is 5.03. The van der Waals surface area contributed by atoms with E-state index in [1.807, 2.05) is 0 Å². The monoisotopic (exact) mass is 141 g/mol. The third-order valence-electron chi connectivity index (χ3n) is 1.33. The van der Waals surface area contributed by atoms with Crippen LogP contribution in [0.1, 0.15) is 18.8 Å². The van der Waals surface area contributed by atoms with E-state index in [1.165, 1.54) is 6.26 Å². The first-order valence-electron chi connectivity index (χ1n) is 3.19. The van der Waals surface area contributed by atoms with Crippen LogP contribution in [0.25, 0.3) is 0 Å². The number of aliphatic hydroxyl groups excluding tert-OH is 1. The van der Waals surface area contributed by atoms with Gasteiger partial charge in [-0.1, -0.05) is 0 Å². The predicted octanol–water partition coefficient (Wildman–Crippen LogP) is 0.660. The number of rotatable bonds is 2. The van der Waals surface area contributed by atoms with Crippen molar-refractivity contribution in [2.45, 2.75) is 19.1 Å². The number of nitrogens with two attached hydrogens (primary N) is 1. The highest BCUT2D eigenvalue weighted by Crippen LogP contribution is 2.14. The van der Waals surface area contributed by atoms with E-state index in [9.17, 15) is 5.11 Å². The molecule has 3 heteroatoms. The lowest BCUT2D eigenvalue weighted by Gasteiger charge is -2.10. The lowest BCUT2D eigenvalue weighted by Crippen LogP contribution is -2.23. The van der Waals surface area contributed by atoms with Gasteiger partial charge in [-0.05, 0) is 19.1 Å². The Bertz CT molecular complexity index is 181.